The zero-order valence-electron chi connectivity index (χ0n) is 18.8. The normalized spacial score (nSPS) is 14.7. The highest BCUT2D eigenvalue weighted by Crippen LogP contribution is 2.39. The molecular formula is C24H18F2N4O3S3. The number of nitrogens with zero attached hydrogens (tertiary/aromatic N) is 4. The zero-order valence-corrected chi connectivity index (χ0v) is 21.2. The average Bonchev–Trinajstić information content (AvgIpc) is 3.60. The lowest BCUT2D eigenvalue weighted by Crippen LogP contribution is -2.30. The van der Waals surface area contributed by atoms with Gasteiger partial charge in [0.1, 0.15) is 21.6 Å². The van der Waals surface area contributed by atoms with Crippen LogP contribution < -0.4 is 4.90 Å². The van der Waals surface area contributed by atoms with Gasteiger partial charge in [0.2, 0.25) is 10.0 Å². The quantitative estimate of drug-likeness (QED) is 0.313. The molecule has 0 radical (unpaired) electrons. The second-order valence-electron chi connectivity index (χ2n) is 7.91. The lowest BCUT2D eigenvalue weighted by atomic mass is 10.1. The van der Waals surface area contributed by atoms with Crippen LogP contribution >= 0.6 is 22.7 Å². The van der Waals surface area contributed by atoms with Crippen LogP contribution in [-0.2, 0) is 27.9 Å². The Morgan fingerprint density at radius 2 is 1.81 bits per heavy atom. The number of aromatic nitrogens is 2. The molecular weight excluding hydrogens is 526 g/mol. The van der Waals surface area contributed by atoms with E-state index in [0.29, 0.717) is 26.8 Å². The number of fused-ring (bicyclic) bond motifs is 1. The van der Waals surface area contributed by atoms with E-state index >= 15 is 0 Å². The third kappa shape index (κ3) is 4.60. The van der Waals surface area contributed by atoms with Gasteiger partial charge in [-0.2, -0.15) is 4.31 Å². The molecule has 0 unspecified atom stereocenters. The molecule has 5 rings (SSSR count). The average molecular weight is 545 g/mol. The largest absolute Gasteiger partial charge is 0.311 e. The first-order valence-corrected chi connectivity index (χ1v) is 13.8. The van der Waals surface area contributed by atoms with Crippen molar-refractivity contribution in [3.05, 3.63) is 92.3 Å². The third-order valence-corrected chi connectivity index (χ3v) is 8.94. The molecule has 0 aliphatic carbocycles. The molecule has 0 N–H and O–H groups in total. The monoisotopic (exact) mass is 544 g/mol. The van der Waals surface area contributed by atoms with Gasteiger partial charge in [0.25, 0.3) is 5.91 Å². The van der Waals surface area contributed by atoms with E-state index < -0.39 is 21.7 Å². The van der Waals surface area contributed by atoms with Gasteiger partial charge in [0.15, 0.2) is 0 Å². The van der Waals surface area contributed by atoms with Crippen LogP contribution in [0.3, 0.4) is 0 Å². The summed E-state index contributed by atoms with van der Waals surface area (Å²) >= 11 is 2.62. The summed E-state index contributed by atoms with van der Waals surface area (Å²) in [7, 11) is -2.56. The molecule has 0 saturated heterocycles. The first kappa shape index (κ1) is 24.4. The smallest absolute Gasteiger partial charge is 0.258 e. The van der Waals surface area contributed by atoms with Crippen LogP contribution in [0.1, 0.15) is 21.1 Å². The van der Waals surface area contributed by atoms with E-state index in [4.69, 9.17) is 0 Å². The van der Waals surface area contributed by atoms with Crippen molar-refractivity contribution in [3.63, 3.8) is 0 Å². The maximum atomic E-state index is 14.4. The minimum atomic E-state index is -4.17. The fourth-order valence-electron chi connectivity index (χ4n) is 3.85. The number of carbonyl (C=O) groups excluding carboxylic acids is 1. The summed E-state index contributed by atoms with van der Waals surface area (Å²) in [6, 6.07) is 7.46. The lowest BCUT2D eigenvalue weighted by Gasteiger charge is -2.22. The molecule has 2 aromatic heterocycles. The van der Waals surface area contributed by atoms with Gasteiger partial charge in [-0.25, -0.2) is 27.2 Å². The fourth-order valence-corrected chi connectivity index (χ4v) is 6.54. The van der Waals surface area contributed by atoms with Crippen molar-refractivity contribution >= 4 is 55.9 Å². The van der Waals surface area contributed by atoms with E-state index in [1.807, 2.05) is 0 Å². The van der Waals surface area contributed by atoms with Gasteiger partial charge in [0.05, 0.1) is 22.7 Å². The van der Waals surface area contributed by atoms with Gasteiger partial charge in [-0.05, 0) is 30.3 Å². The maximum Gasteiger partial charge on any atom is 0.258 e. The predicted molar refractivity (Wildman–Crippen MR) is 135 cm³/mol. The summed E-state index contributed by atoms with van der Waals surface area (Å²) in [6.07, 6.45) is 4.80. The topological polar surface area (TPSA) is 83.5 Å². The molecule has 12 heteroatoms. The Bertz CT molecular complexity index is 1570. The highest BCUT2D eigenvalue weighted by Gasteiger charge is 2.33. The van der Waals surface area contributed by atoms with E-state index in [9.17, 15) is 22.0 Å². The van der Waals surface area contributed by atoms with Crippen molar-refractivity contribution in [2.75, 3.05) is 11.9 Å². The second kappa shape index (κ2) is 9.62. The van der Waals surface area contributed by atoms with Crippen molar-refractivity contribution in [1.29, 1.82) is 0 Å². The molecule has 4 aromatic rings. The summed E-state index contributed by atoms with van der Waals surface area (Å²) in [4.78, 5) is 22.6. The minimum absolute atomic E-state index is 0.0250. The van der Waals surface area contributed by atoms with Gasteiger partial charge >= 0.3 is 0 Å². The van der Waals surface area contributed by atoms with Crippen LogP contribution in [-0.4, -0.2) is 35.6 Å². The summed E-state index contributed by atoms with van der Waals surface area (Å²) in [5, 5.41) is 4.62. The zero-order chi connectivity index (χ0) is 25.4. The SMILES string of the molecule is CN1C(=O)/C(=C/c2nccs2)c2cc(S(=O)(=O)N(Cc3nccs3)Cc3ccc(F)cc3F)ccc21. The van der Waals surface area contributed by atoms with Crippen LogP contribution in [0.4, 0.5) is 14.5 Å². The van der Waals surface area contributed by atoms with Crippen molar-refractivity contribution in [2.45, 2.75) is 18.0 Å². The molecule has 0 atom stereocenters. The Hall–Kier alpha value is -3.32. The van der Waals surface area contributed by atoms with Crippen molar-refractivity contribution in [2.24, 2.45) is 0 Å². The number of amides is 1. The predicted octanol–water partition coefficient (Wildman–Crippen LogP) is 4.79. The first-order chi connectivity index (χ1) is 17.2. The summed E-state index contributed by atoms with van der Waals surface area (Å²) in [5.74, 6) is -1.87. The number of hydrogen-bond acceptors (Lipinski definition) is 7. The van der Waals surface area contributed by atoms with Crippen LogP contribution in [0, 0.1) is 11.6 Å². The second-order valence-corrected chi connectivity index (χ2v) is 11.7. The molecule has 1 amide bonds. The molecule has 3 heterocycles. The number of hydrogen-bond donors (Lipinski definition) is 0. The van der Waals surface area contributed by atoms with E-state index in [2.05, 4.69) is 9.97 Å². The van der Waals surface area contributed by atoms with Crippen LogP contribution in [0.15, 0.2) is 64.4 Å². The third-order valence-electron chi connectivity index (χ3n) is 5.67. The van der Waals surface area contributed by atoms with E-state index in [-0.39, 0.29) is 29.5 Å². The fraction of sp³-hybridized carbons (Fsp3) is 0.125. The number of benzene rings is 2. The molecule has 184 valence electrons. The van der Waals surface area contributed by atoms with Gasteiger partial charge in [0, 0.05) is 53.9 Å². The Morgan fingerprint density at radius 1 is 1.03 bits per heavy atom. The van der Waals surface area contributed by atoms with Gasteiger partial charge in [-0.1, -0.05) is 6.07 Å². The molecule has 1 aliphatic heterocycles. The van der Waals surface area contributed by atoms with E-state index in [1.54, 1.807) is 42.3 Å². The number of thiazole rings is 2. The number of sulfonamides is 1. The van der Waals surface area contributed by atoms with Crippen LogP contribution in [0.25, 0.3) is 11.6 Å². The molecule has 7 nitrogen and oxygen atoms in total. The van der Waals surface area contributed by atoms with Crippen molar-refractivity contribution < 1.29 is 22.0 Å². The number of anilines is 1. The van der Waals surface area contributed by atoms with Crippen molar-refractivity contribution in [1.82, 2.24) is 14.3 Å². The molecule has 0 saturated carbocycles. The standard InChI is InChI=1S/C24H18F2N4O3S3/c1-29-21-5-4-17(11-18(21)19(24(29)31)12-22-27-6-8-34-22)36(32,33)30(14-23-28-7-9-35-23)13-15-2-3-16(25)10-20(15)26/h2-12H,13-14H2,1H3/b19-12+. The van der Waals surface area contributed by atoms with Crippen molar-refractivity contribution in [3.8, 4) is 0 Å². The first-order valence-electron chi connectivity index (χ1n) is 10.6. The molecule has 36 heavy (non-hydrogen) atoms. The van der Waals surface area contributed by atoms with Crippen LogP contribution in [0.5, 0.6) is 0 Å². The lowest BCUT2D eigenvalue weighted by molar-refractivity contribution is -0.112. The molecule has 0 fully saturated rings. The minimum Gasteiger partial charge on any atom is -0.311 e. The highest BCUT2D eigenvalue weighted by atomic mass is 32.2. The number of likely N-dealkylation sites (N-methyl/N-ethyl adjacent to an activating group) is 1. The Morgan fingerprint density at radius 3 is 2.50 bits per heavy atom. The van der Waals surface area contributed by atoms with Gasteiger partial charge in [-0.3, -0.25) is 4.79 Å². The number of carbonyl (C=O) groups is 1. The Balaban J connectivity index is 1.57. The Labute approximate surface area is 214 Å². The maximum absolute atomic E-state index is 14.4. The highest BCUT2D eigenvalue weighted by molar-refractivity contribution is 7.89. The molecule has 0 bridgehead atoms. The molecule has 0 spiro atoms. The molecule has 2 aromatic carbocycles. The summed E-state index contributed by atoms with van der Waals surface area (Å²) in [5.41, 5.74) is 1.38. The van der Waals surface area contributed by atoms with Gasteiger partial charge < -0.3 is 4.90 Å². The van der Waals surface area contributed by atoms with E-state index in [1.165, 1.54) is 45.8 Å². The number of rotatable bonds is 7. The van der Waals surface area contributed by atoms with Crippen LogP contribution in [0.2, 0.25) is 0 Å². The van der Waals surface area contributed by atoms with Gasteiger partial charge in [-0.15, -0.1) is 22.7 Å². The number of halogens is 2. The molecule has 1 aliphatic rings. The Kier molecular flexibility index (Phi) is 6.51. The summed E-state index contributed by atoms with van der Waals surface area (Å²) < 4.78 is 56.6. The summed E-state index contributed by atoms with van der Waals surface area (Å²) in [6.45, 7) is -0.430. The van der Waals surface area contributed by atoms with E-state index in [0.717, 1.165) is 16.4 Å².